The van der Waals surface area contributed by atoms with Crippen molar-refractivity contribution in [2.75, 3.05) is 20.7 Å². The summed E-state index contributed by atoms with van der Waals surface area (Å²) in [4.78, 5) is 30.0. The lowest BCUT2D eigenvalue weighted by Gasteiger charge is -2.18. The monoisotopic (exact) mass is 461 g/mol. The van der Waals surface area contributed by atoms with Crippen LogP contribution < -0.4 is 5.32 Å². The highest BCUT2D eigenvalue weighted by Gasteiger charge is 2.27. The molecule has 1 fully saturated rings. The molecule has 178 valence electrons. The number of aliphatic hydroxyl groups excluding tert-OH is 1. The maximum Gasteiger partial charge on any atom is 0.237 e. The molecule has 0 radical (unpaired) electrons. The first-order valence-electron chi connectivity index (χ1n) is 11.2. The third kappa shape index (κ3) is 8.45. The number of likely N-dealkylation sites (N-methyl/N-ethyl adjacent to an activating group) is 1. The number of aryl methyl sites for hydroxylation is 1. The van der Waals surface area contributed by atoms with Gasteiger partial charge in [-0.15, -0.1) is 11.3 Å². The summed E-state index contributed by atoms with van der Waals surface area (Å²) in [6, 6.07) is 8.40. The highest BCUT2D eigenvalue weighted by molar-refractivity contribution is 7.13. The number of rotatable bonds is 7. The molecule has 2 atom stereocenters. The van der Waals surface area contributed by atoms with Crippen LogP contribution in [0.4, 0.5) is 0 Å². The van der Waals surface area contributed by atoms with Crippen LogP contribution in [-0.4, -0.2) is 53.9 Å². The number of carbonyl (C=O) groups is 2. The molecule has 3 rings (SSSR count). The Balaban J connectivity index is 0.000000436. The molecule has 7 heteroatoms. The molecule has 1 aromatic heterocycles. The van der Waals surface area contributed by atoms with E-state index in [4.69, 9.17) is 5.11 Å². The smallest absolute Gasteiger partial charge is 0.237 e. The summed E-state index contributed by atoms with van der Waals surface area (Å²) < 4.78 is 0. The van der Waals surface area contributed by atoms with E-state index in [1.807, 2.05) is 26.4 Å². The highest BCUT2D eigenvalue weighted by atomic mass is 32.1. The van der Waals surface area contributed by atoms with Crippen molar-refractivity contribution in [3.8, 4) is 10.4 Å². The summed E-state index contributed by atoms with van der Waals surface area (Å²) in [6.07, 6.45) is 4.09. The standard InChI is InChI=1S/C17H21N3OS.C7H14O.CH4O/c1-12-16(22-11-19-12)14-7-5-13(6-8-14)10-18-17(21)15-4-3-9-20(15)2;1-4-7(5-8)6(2)3;1-2/h5-8,11,15H,3-4,9-10H2,1-2H3,(H,18,21);5-7H,4H2,1-3H3;2H,1H3. The fourth-order valence-corrected chi connectivity index (χ4v) is 4.44. The third-order valence-corrected chi connectivity index (χ3v) is 6.73. The number of aldehydes is 1. The number of carbonyl (C=O) groups excluding carboxylic acids is 2. The van der Waals surface area contributed by atoms with E-state index in [-0.39, 0.29) is 17.9 Å². The number of hydrogen-bond acceptors (Lipinski definition) is 6. The van der Waals surface area contributed by atoms with Crippen molar-refractivity contribution < 1.29 is 14.7 Å². The quantitative estimate of drug-likeness (QED) is 0.601. The predicted octanol–water partition coefficient (Wildman–Crippen LogP) is 4.30. The molecule has 0 spiro atoms. The second-order valence-corrected chi connectivity index (χ2v) is 9.13. The molecule has 1 amide bonds. The summed E-state index contributed by atoms with van der Waals surface area (Å²) in [5.41, 5.74) is 5.25. The van der Waals surface area contributed by atoms with Crippen LogP contribution in [0.5, 0.6) is 0 Å². The summed E-state index contributed by atoms with van der Waals surface area (Å²) in [6.45, 7) is 9.81. The highest BCUT2D eigenvalue weighted by Crippen LogP contribution is 2.27. The van der Waals surface area contributed by atoms with Gasteiger partial charge in [0.1, 0.15) is 6.29 Å². The molecule has 0 saturated carbocycles. The Morgan fingerprint density at radius 2 is 1.97 bits per heavy atom. The van der Waals surface area contributed by atoms with Crippen molar-refractivity contribution in [2.45, 2.75) is 59.5 Å². The molecular weight excluding hydrogens is 422 g/mol. The van der Waals surface area contributed by atoms with Gasteiger partial charge in [0.05, 0.1) is 22.1 Å². The summed E-state index contributed by atoms with van der Waals surface area (Å²) >= 11 is 1.66. The van der Waals surface area contributed by atoms with E-state index in [1.54, 1.807) is 11.3 Å². The van der Waals surface area contributed by atoms with Gasteiger partial charge in [-0.05, 0) is 56.8 Å². The predicted molar refractivity (Wildman–Crippen MR) is 133 cm³/mol. The van der Waals surface area contributed by atoms with E-state index < -0.39 is 0 Å². The van der Waals surface area contributed by atoms with Gasteiger partial charge in [-0.3, -0.25) is 9.69 Å². The molecule has 1 saturated heterocycles. The summed E-state index contributed by atoms with van der Waals surface area (Å²) in [5, 5.41) is 10.0. The summed E-state index contributed by atoms with van der Waals surface area (Å²) in [5.74, 6) is 0.926. The third-order valence-electron chi connectivity index (χ3n) is 5.75. The summed E-state index contributed by atoms with van der Waals surface area (Å²) in [7, 11) is 3.02. The molecule has 1 aliphatic rings. The average molecular weight is 462 g/mol. The lowest BCUT2D eigenvalue weighted by Crippen LogP contribution is -2.41. The molecule has 1 aromatic carbocycles. The zero-order valence-electron chi connectivity index (χ0n) is 20.3. The minimum atomic E-state index is 0.0408. The Bertz CT molecular complexity index is 805. The molecule has 32 heavy (non-hydrogen) atoms. The number of likely N-dealkylation sites (tertiary alicyclic amines) is 1. The van der Waals surface area contributed by atoms with Gasteiger partial charge in [0.2, 0.25) is 5.91 Å². The first-order chi connectivity index (χ1) is 15.4. The van der Waals surface area contributed by atoms with Crippen LogP contribution in [-0.2, 0) is 16.1 Å². The van der Waals surface area contributed by atoms with E-state index in [9.17, 15) is 9.59 Å². The Labute approximate surface area is 197 Å². The van der Waals surface area contributed by atoms with Crippen molar-refractivity contribution in [3.63, 3.8) is 0 Å². The first-order valence-corrected chi connectivity index (χ1v) is 12.1. The van der Waals surface area contributed by atoms with Gasteiger partial charge in [0, 0.05) is 19.6 Å². The van der Waals surface area contributed by atoms with Crippen LogP contribution in [0.1, 0.15) is 51.3 Å². The van der Waals surface area contributed by atoms with E-state index in [2.05, 4.69) is 53.3 Å². The molecule has 2 aromatic rings. The topological polar surface area (TPSA) is 82.5 Å². The molecule has 2 N–H and O–H groups in total. The molecule has 0 aliphatic carbocycles. The largest absolute Gasteiger partial charge is 0.400 e. The number of amides is 1. The van der Waals surface area contributed by atoms with Crippen LogP contribution in [0, 0.1) is 18.8 Å². The van der Waals surface area contributed by atoms with E-state index in [1.165, 1.54) is 10.4 Å². The zero-order valence-corrected chi connectivity index (χ0v) is 21.1. The maximum absolute atomic E-state index is 12.2. The van der Waals surface area contributed by atoms with Crippen molar-refractivity contribution in [2.24, 2.45) is 11.8 Å². The van der Waals surface area contributed by atoms with Gasteiger partial charge in [-0.1, -0.05) is 45.0 Å². The van der Waals surface area contributed by atoms with Gasteiger partial charge < -0.3 is 15.2 Å². The molecule has 2 heterocycles. The second-order valence-electron chi connectivity index (χ2n) is 8.27. The number of aromatic nitrogens is 1. The lowest BCUT2D eigenvalue weighted by molar-refractivity contribution is -0.125. The fourth-order valence-electron chi connectivity index (χ4n) is 3.63. The number of aliphatic hydroxyl groups is 1. The average Bonchev–Trinajstić information content (AvgIpc) is 3.43. The minimum absolute atomic E-state index is 0.0408. The Morgan fingerprint density at radius 1 is 1.31 bits per heavy atom. The van der Waals surface area contributed by atoms with Gasteiger partial charge >= 0.3 is 0 Å². The van der Waals surface area contributed by atoms with Gasteiger partial charge in [0.25, 0.3) is 0 Å². The number of nitrogens with one attached hydrogen (secondary N) is 1. The Kier molecular flexibility index (Phi) is 13.0. The number of thiazole rings is 1. The van der Waals surface area contributed by atoms with E-state index in [0.717, 1.165) is 50.5 Å². The molecule has 2 unspecified atom stereocenters. The van der Waals surface area contributed by atoms with Crippen molar-refractivity contribution >= 4 is 23.5 Å². The Hall–Kier alpha value is -2.09. The van der Waals surface area contributed by atoms with Crippen LogP contribution >= 0.6 is 11.3 Å². The first kappa shape index (κ1) is 27.9. The van der Waals surface area contributed by atoms with E-state index in [0.29, 0.717) is 12.5 Å². The molecule has 6 nitrogen and oxygen atoms in total. The maximum atomic E-state index is 12.2. The van der Waals surface area contributed by atoms with Gasteiger partial charge in [-0.2, -0.15) is 0 Å². The SMILES string of the molecule is CCC(C=O)C(C)C.CO.Cc1ncsc1-c1ccc(CNC(=O)C2CCCN2C)cc1. The number of hydrogen-bond donors (Lipinski definition) is 2. The Morgan fingerprint density at radius 3 is 2.38 bits per heavy atom. The molecule has 1 aliphatic heterocycles. The van der Waals surface area contributed by atoms with Crippen molar-refractivity contribution in [3.05, 3.63) is 41.0 Å². The molecular formula is C25H39N3O3S. The second kappa shape index (κ2) is 14.9. The van der Waals surface area contributed by atoms with Crippen LogP contribution in [0.3, 0.4) is 0 Å². The number of nitrogens with zero attached hydrogens (tertiary/aromatic N) is 2. The minimum Gasteiger partial charge on any atom is -0.400 e. The van der Waals surface area contributed by atoms with E-state index >= 15 is 0 Å². The van der Waals surface area contributed by atoms with Gasteiger partial charge in [-0.25, -0.2) is 4.98 Å². The lowest BCUT2D eigenvalue weighted by atomic mass is 9.95. The van der Waals surface area contributed by atoms with Gasteiger partial charge in [0.15, 0.2) is 0 Å². The van der Waals surface area contributed by atoms with Crippen LogP contribution in [0.2, 0.25) is 0 Å². The van der Waals surface area contributed by atoms with Crippen molar-refractivity contribution in [1.29, 1.82) is 0 Å². The van der Waals surface area contributed by atoms with Crippen molar-refractivity contribution in [1.82, 2.24) is 15.2 Å². The normalized spacial score (nSPS) is 16.4. The number of benzene rings is 1. The zero-order chi connectivity index (χ0) is 24.1. The molecule has 0 bridgehead atoms. The van der Waals surface area contributed by atoms with Crippen LogP contribution in [0.15, 0.2) is 29.8 Å². The fraction of sp³-hybridized carbons (Fsp3) is 0.560. The van der Waals surface area contributed by atoms with Crippen LogP contribution in [0.25, 0.3) is 10.4 Å².